The maximum atomic E-state index is 4.65. The number of aryl methyl sites for hydroxylation is 2. The number of rotatable bonds is 2. The van der Waals surface area contributed by atoms with Gasteiger partial charge in [-0.1, -0.05) is 6.07 Å². The molecule has 4 nitrogen and oxygen atoms in total. The Labute approximate surface area is 129 Å². The van der Waals surface area contributed by atoms with E-state index in [1.165, 1.54) is 9.58 Å². The third-order valence-corrected chi connectivity index (χ3v) is 4.98. The third-order valence-electron chi connectivity index (χ3n) is 3.26. The molecule has 104 valence electrons. The monoisotopic (exact) mass is 312 g/mol. The second-order valence-electron chi connectivity index (χ2n) is 4.86. The van der Waals surface area contributed by atoms with Crippen molar-refractivity contribution in [1.82, 2.24) is 19.9 Å². The van der Waals surface area contributed by atoms with Gasteiger partial charge in [-0.15, -0.1) is 22.7 Å². The minimum Gasteiger partial charge on any atom is -0.340 e. The van der Waals surface area contributed by atoms with Gasteiger partial charge in [-0.05, 0) is 26.0 Å². The lowest BCUT2D eigenvalue weighted by Gasteiger charge is -2.00. The molecule has 0 amide bonds. The van der Waals surface area contributed by atoms with Crippen LogP contribution in [0.3, 0.4) is 0 Å². The van der Waals surface area contributed by atoms with Crippen LogP contribution in [-0.4, -0.2) is 19.9 Å². The summed E-state index contributed by atoms with van der Waals surface area (Å²) in [6.45, 7) is 4.03. The number of nitrogens with one attached hydrogen (secondary N) is 1. The van der Waals surface area contributed by atoms with Gasteiger partial charge in [0.2, 0.25) is 0 Å². The van der Waals surface area contributed by atoms with Gasteiger partial charge in [0.1, 0.15) is 16.5 Å². The van der Waals surface area contributed by atoms with E-state index in [9.17, 15) is 0 Å². The van der Waals surface area contributed by atoms with Crippen LogP contribution in [0.2, 0.25) is 0 Å². The molecule has 0 aliphatic rings. The molecule has 0 radical (unpaired) electrons. The minimum absolute atomic E-state index is 0.900. The van der Waals surface area contributed by atoms with E-state index in [4.69, 9.17) is 0 Å². The quantitative estimate of drug-likeness (QED) is 0.596. The summed E-state index contributed by atoms with van der Waals surface area (Å²) in [4.78, 5) is 18.0. The fourth-order valence-electron chi connectivity index (χ4n) is 2.33. The molecule has 0 fully saturated rings. The Kier molecular flexibility index (Phi) is 2.87. The van der Waals surface area contributed by atoms with E-state index in [0.29, 0.717) is 0 Å². The van der Waals surface area contributed by atoms with E-state index in [0.717, 1.165) is 33.3 Å². The summed E-state index contributed by atoms with van der Waals surface area (Å²) in [6.07, 6.45) is 1.90. The van der Waals surface area contributed by atoms with Crippen LogP contribution in [0.15, 0.2) is 29.9 Å². The molecule has 21 heavy (non-hydrogen) atoms. The molecule has 1 aromatic carbocycles. The van der Waals surface area contributed by atoms with E-state index >= 15 is 0 Å². The first-order chi connectivity index (χ1) is 10.2. The molecule has 0 aliphatic heterocycles. The van der Waals surface area contributed by atoms with Gasteiger partial charge in [0, 0.05) is 16.6 Å². The Morgan fingerprint density at radius 3 is 2.86 bits per heavy atom. The fraction of sp³-hybridized carbons (Fsp3) is 0.133. The summed E-state index contributed by atoms with van der Waals surface area (Å²) in [6, 6.07) is 6.26. The molecule has 3 aromatic heterocycles. The van der Waals surface area contributed by atoms with Gasteiger partial charge in [-0.3, -0.25) is 0 Å². The van der Waals surface area contributed by atoms with Crippen LogP contribution in [0.1, 0.15) is 10.7 Å². The Hall–Kier alpha value is -2.05. The molecule has 0 saturated heterocycles. The molecule has 6 heteroatoms. The molecular weight excluding hydrogens is 300 g/mol. The summed E-state index contributed by atoms with van der Waals surface area (Å²) in [7, 11) is 0. The number of aromatic amines is 1. The summed E-state index contributed by atoms with van der Waals surface area (Å²) in [5, 5.41) is 0.979. The summed E-state index contributed by atoms with van der Waals surface area (Å²) >= 11 is 3.32. The molecule has 3 heterocycles. The van der Waals surface area contributed by atoms with Crippen LogP contribution in [-0.2, 0) is 0 Å². The number of benzene rings is 1. The number of H-pyrrole nitrogens is 1. The topological polar surface area (TPSA) is 54.5 Å². The molecule has 0 aliphatic carbocycles. The molecule has 0 atom stereocenters. The zero-order valence-electron chi connectivity index (χ0n) is 11.5. The van der Waals surface area contributed by atoms with Gasteiger partial charge in [0.05, 0.1) is 21.4 Å². The summed E-state index contributed by atoms with van der Waals surface area (Å²) in [5.74, 6) is 0.900. The lowest BCUT2D eigenvalue weighted by molar-refractivity contribution is 1.15. The predicted molar refractivity (Wildman–Crippen MR) is 87.8 cm³/mol. The van der Waals surface area contributed by atoms with Crippen molar-refractivity contribution >= 4 is 32.9 Å². The SMILES string of the molecule is Cc1nc(-c2ccc3ncsc3c2)c(-c2ncc(C)s2)[nH]1. The van der Waals surface area contributed by atoms with Gasteiger partial charge >= 0.3 is 0 Å². The predicted octanol–water partition coefficient (Wildman–Crippen LogP) is 4.43. The number of nitrogens with zero attached hydrogens (tertiary/aromatic N) is 3. The van der Waals surface area contributed by atoms with E-state index in [1.807, 2.05) is 24.7 Å². The van der Waals surface area contributed by atoms with Crippen molar-refractivity contribution in [2.75, 3.05) is 0 Å². The zero-order valence-corrected chi connectivity index (χ0v) is 13.2. The van der Waals surface area contributed by atoms with Crippen LogP contribution in [0.4, 0.5) is 0 Å². The third kappa shape index (κ3) is 2.16. The molecule has 0 saturated carbocycles. The molecule has 4 rings (SSSR count). The van der Waals surface area contributed by atoms with E-state index in [1.54, 1.807) is 22.7 Å². The number of aromatic nitrogens is 4. The zero-order chi connectivity index (χ0) is 14.4. The number of fused-ring (bicyclic) bond motifs is 1. The molecule has 4 aromatic rings. The van der Waals surface area contributed by atoms with Gasteiger partial charge in [0.15, 0.2) is 0 Å². The van der Waals surface area contributed by atoms with Gasteiger partial charge in [0.25, 0.3) is 0 Å². The number of hydrogen-bond acceptors (Lipinski definition) is 5. The van der Waals surface area contributed by atoms with Crippen molar-refractivity contribution in [1.29, 1.82) is 0 Å². The summed E-state index contributed by atoms with van der Waals surface area (Å²) in [5.41, 5.74) is 5.95. The van der Waals surface area contributed by atoms with Gasteiger partial charge in [-0.25, -0.2) is 15.0 Å². The number of hydrogen-bond donors (Lipinski definition) is 1. The standard InChI is InChI=1S/C15H12N4S2/c1-8-6-16-15(21-8)14-13(18-9(2)19-14)10-3-4-11-12(5-10)20-7-17-11/h3-7H,1-2H3,(H,18,19). The first-order valence-corrected chi connectivity index (χ1v) is 8.23. The first-order valence-electron chi connectivity index (χ1n) is 6.54. The van der Waals surface area contributed by atoms with Crippen molar-refractivity contribution in [3.05, 3.63) is 40.6 Å². The molecular formula is C15H12N4S2. The number of imidazole rings is 1. The van der Waals surface area contributed by atoms with Crippen LogP contribution in [0.5, 0.6) is 0 Å². The van der Waals surface area contributed by atoms with E-state index < -0.39 is 0 Å². The van der Waals surface area contributed by atoms with Crippen molar-refractivity contribution in [2.45, 2.75) is 13.8 Å². The Morgan fingerprint density at radius 2 is 2.05 bits per heavy atom. The average Bonchev–Trinajstić information content (AvgIpc) is 3.16. The second kappa shape index (κ2) is 4.75. The number of thiazole rings is 2. The van der Waals surface area contributed by atoms with E-state index in [2.05, 4.69) is 39.0 Å². The molecule has 0 spiro atoms. The van der Waals surface area contributed by atoms with Crippen LogP contribution in [0.25, 0.3) is 32.2 Å². The largest absolute Gasteiger partial charge is 0.340 e. The molecule has 1 N–H and O–H groups in total. The second-order valence-corrected chi connectivity index (χ2v) is 6.98. The summed E-state index contributed by atoms with van der Waals surface area (Å²) < 4.78 is 1.18. The van der Waals surface area contributed by atoms with Crippen molar-refractivity contribution in [2.24, 2.45) is 0 Å². The average molecular weight is 312 g/mol. The van der Waals surface area contributed by atoms with Gasteiger partial charge in [-0.2, -0.15) is 0 Å². The highest BCUT2D eigenvalue weighted by molar-refractivity contribution is 7.16. The van der Waals surface area contributed by atoms with Crippen LogP contribution >= 0.6 is 22.7 Å². The minimum atomic E-state index is 0.900. The highest BCUT2D eigenvalue weighted by Crippen LogP contribution is 2.34. The Bertz CT molecular complexity index is 932. The molecule has 0 unspecified atom stereocenters. The lowest BCUT2D eigenvalue weighted by atomic mass is 10.1. The fourth-order valence-corrected chi connectivity index (χ4v) is 3.81. The van der Waals surface area contributed by atoms with Crippen LogP contribution < -0.4 is 0 Å². The van der Waals surface area contributed by atoms with Crippen LogP contribution in [0, 0.1) is 13.8 Å². The maximum Gasteiger partial charge on any atom is 0.142 e. The normalized spacial score (nSPS) is 11.3. The smallest absolute Gasteiger partial charge is 0.142 e. The molecule has 0 bridgehead atoms. The first kappa shape index (κ1) is 12.7. The highest BCUT2D eigenvalue weighted by Gasteiger charge is 2.15. The highest BCUT2D eigenvalue weighted by atomic mass is 32.1. The Morgan fingerprint density at radius 1 is 1.14 bits per heavy atom. The van der Waals surface area contributed by atoms with E-state index in [-0.39, 0.29) is 0 Å². The van der Waals surface area contributed by atoms with Crippen molar-refractivity contribution < 1.29 is 0 Å². The van der Waals surface area contributed by atoms with Gasteiger partial charge < -0.3 is 4.98 Å². The van der Waals surface area contributed by atoms with Crippen molar-refractivity contribution in [3.8, 4) is 22.0 Å². The lowest BCUT2D eigenvalue weighted by Crippen LogP contribution is -1.83. The van der Waals surface area contributed by atoms with Crippen molar-refractivity contribution in [3.63, 3.8) is 0 Å². The maximum absolute atomic E-state index is 4.65. The Balaban J connectivity index is 1.91.